The average Bonchev–Trinajstić information content (AvgIpc) is 2.24. The van der Waals surface area contributed by atoms with E-state index in [1.54, 1.807) is 0 Å². The molecule has 1 amide bonds. The molecule has 0 N–H and O–H groups in total. The van der Waals surface area contributed by atoms with Gasteiger partial charge in [0.25, 0.3) is 0 Å². The van der Waals surface area contributed by atoms with E-state index in [4.69, 9.17) is 0 Å². The SMILES string of the molecule is CC(C)(C)[PH+](CC(=O)[N-]C1CCCCC1)C(C)(C)C.[CH3-].[Ni+2]. The number of carbonyl (C=O) groups excluding carboxylic acids is 1. The van der Waals surface area contributed by atoms with Crippen LogP contribution in [-0.4, -0.2) is 28.4 Å². The Morgan fingerprint density at radius 2 is 1.43 bits per heavy atom. The largest absolute Gasteiger partial charge is 2.00 e. The molecule has 1 saturated carbocycles. The van der Waals surface area contributed by atoms with Crippen LogP contribution in [0.3, 0.4) is 0 Å². The molecule has 1 aliphatic carbocycles. The Balaban J connectivity index is 0. The van der Waals surface area contributed by atoms with Crippen molar-refractivity contribution in [3.63, 3.8) is 0 Å². The number of amides is 1. The van der Waals surface area contributed by atoms with Crippen LogP contribution in [0.15, 0.2) is 0 Å². The minimum atomic E-state index is -0.768. The molecule has 0 aromatic heterocycles. The first-order valence-corrected chi connectivity index (χ1v) is 9.42. The molecule has 0 bridgehead atoms. The third-order valence-corrected chi connectivity index (χ3v) is 8.32. The van der Waals surface area contributed by atoms with Crippen molar-refractivity contribution in [2.75, 3.05) is 6.16 Å². The van der Waals surface area contributed by atoms with Crippen LogP contribution in [-0.2, 0) is 21.3 Å². The van der Waals surface area contributed by atoms with E-state index < -0.39 is 7.92 Å². The molecule has 0 heterocycles. The predicted molar refractivity (Wildman–Crippen MR) is 94.3 cm³/mol. The molecule has 4 heteroatoms. The quantitative estimate of drug-likeness (QED) is 0.373. The Labute approximate surface area is 144 Å². The monoisotopic (exact) mass is 358 g/mol. The van der Waals surface area contributed by atoms with Gasteiger partial charge in [-0.3, -0.25) is 0 Å². The molecule has 0 radical (unpaired) electrons. The van der Waals surface area contributed by atoms with Crippen LogP contribution in [0.25, 0.3) is 5.32 Å². The summed E-state index contributed by atoms with van der Waals surface area (Å²) in [7, 11) is -0.768. The maximum atomic E-state index is 12.3. The van der Waals surface area contributed by atoms with Crippen molar-refractivity contribution >= 4 is 13.8 Å². The zero-order valence-corrected chi connectivity index (χ0v) is 17.0. The van der Waals surface area contributed by atoms with Gasteiger partial charge in [-0.1, -0.05) is 32.1 Å². The van der Waals surface area contributed by atoms with E-state index in [0.29, 0.717) is 12.2 Å². The topological polar surface area (TPSA) is 31.2 Å². The van der Waals surface area contributed by atoms with Crippen molar-refractivity contribution < 1.29 is 21.3 Å². The molecule has 128 valence electrons. The molecule has 0 aromatic rings. The zero-order chi connectivity index (χ0) is 14.7. The molecule has 1 aliphatic rings. The van der Waals surface area contributed by atoms with Crippen molar-refractivity contribution in [1.82, 2.24) is 0 Å². The van der Waals surface area contributed by atoms with Gasteiger partial charge in [-0.2, -0.15) is 0 Å². The van der Waals surface area contributed by atoms with Crippen molar-refractivity contribution in [1.29, 1.82) is 0 Å². The van der Waals surface area contributed by atoms with Crippen LogP contribution >= 0.6 is 7.92 Å². The summed E-state index contributed by atoms with van der Waals surface area (Å²) in [6.07, 6.45) is 6.76. The van der Waals surface area contributed by atoms with Gasteiger partial charge < -0.3 is 17.5 Å². The molecule has 0 aromatic carbocycles. The van der Waals surface area contributed by atoms with Crippen LogP contribution < -0.4 is 0 Å². The summed E-state index contributed by atoms with van der Waals surface area (Å²) in [6, 6.07) is 0.324. The second kappa shape index (κ2) is 9.51. The van der Waals surface area contributed by atoms with Crippen molar-refractivity contribution in [2.24, 2.45) is 0 Å². The number of rotatable bonds is 3. The van der Waals surface area contributed by atoms with E-state index in [1.807, 2.05) is 0 Å². The Morgan fingerprint density at radius 3 is 1.81 bits per heavy atom. The summed E-state index contributed by atoms with van der Waals surface area (Å²) < 4.78 is 0. The van der Waals surface area contributed by atoms with E-state index in [-0.39, 0.29) is 40.1 Å². The van der Waals surface area contributed by atoms with Gasteiger partial charge >= 0.3 is 16.5 Å². The molecule has 0 saturated heterocycles. The van der Waals surface area contributed by atoms with Gasteiger partial charge in [-0.05, 0) is 41.5 Å². The summed E-state index contributed by atoms with van der Waals surface area (Å²) in [5.74, 6) is 0.172. The Morgan fingerprint density at radius 1 is 1.00 bits per heavy atom. The fourth-order valence-electron chi connectivity index (χ4n) is 3.27. The van der Waals surface area contributed by atoms with Gasteiger partial charge in [-0.25, -0.2) is 0 Å². The smallest absolute Gasteiger partial charge is 0.648 e. The molecule has 21 heavy (non-hydrogen) atoms. The van der Waals surface area contributed by atoms with Crippen LogP contribution in [0, 0.1) is 7.43 Å². The fourth-order valence-corrected chi connectivity index (χ4v) is 6.97. The van der Waals surface area contributed by atoms with Crippen LogP contribution in [0.1, 0.15) is 73.6 Å². The number of hydrogen-bond acceptors (Lipinski definition) is 1. The average molecular weight is 359 g/mol. The first-order chi connectivity index (χ1) is 8.60. The molecular formula is C17H35NNiOP+. The standard InChI is InChI=1S/C16H32NOP.CH3.Ni/c1-15(2,3)19(16(4,5)6)12-14(18)17-13-10-8-7-9-11-13;;/h13H,7-12H2,1-6H3,(H,17,18);1H3;/q;-1;+2. The molecule has 1 fully saturated rings. The summed E-state index contributed by atoms with van der Waals surface area (Å²) in [6.45, 7) is 13.7. The second-order valence-electron chi connectivity index (χ2n) is 7.97. The molecule has 0 aliphatic heterocycles. The predicted octanol–water partition coefficient (Wildman–Crippen LogP) is 5.48. The molecule has 0 atom stereocenters. The number of carbonyl (C=O) groups is 1. The van der Waals surface area contributed by atoms with E-state index in [2.05, 4.69) is 46.9 Å². The van der Waals surface area contributed by atoms with Crippen molar-refractivity contribution in [3.8, 4) is 0 Å². The van der Waals surface area contributed by atoms with Gasteiger partial charge in [0.2, 0.25) is 0 Å². The first-order valence-electron chi connectivity index (χ1n) is 7.71. The van der Waals surface area contributed by atoms with Crippen LogP contribution in [0.2, 0.25) is 0 Å². The van der Waals surface area contributed by atoms with Gasteiger partial charge in [0.1, 0.15) is 0 Å². The Hall–Kier alpha value is 0.394. The normalized spacial score (nSPS) is 16.9. The maximum Gasteiger partial charge on any atom is 2.00 e. The van der Waals surface area contributed by atoms with Gasteiger partial charge in [-0.15, -0.1) is 6.04 Å². The third kappa shape index (κ3) is 8.56. The summed E-state index contributed by atoms with van der Waals surface area (Å²) >= 11 is 0. The fraction of sp³-hybridized carbons (Fsp3) is 0.882. The molecular weight excluding hydrogens is 324 g/mol. The van der Waals surface area contributed by atoms with E-state index in [0.717, 1.165) is 12.8 Å². The first kappa shape index (κ1) is 23.7. The van der Waals surface area contributed by atoms with Gasteiger partial charge in [0.05, 0.1) is 22.4 Å². The van der Waals surface area contributed by atoms with Crippen LogP contribution in [0.4, 0.5) is 0 Å². The summed E-state index contributed by atoms with van der Waals surface area (Å²) in [4.78, 5) is 12.3. The maximum absolute atomic E-state index is 12.3. The Bertz CT molecular complexity index is 287. The minimum Gasteiger partial charge on any atom is -0.648 e. The molecule has 0 spiro atoms. The second-order valence-corrected chi connectivity index (χ2v) is 12.3. The van der Waals surface area contributed by atoms with Crippen LogP contribution in [0.5, 0.6) is 0 Å². The zero-order valence-electron chi connectivity index (χ0n) is 15.0. The third-order valence-electron chi connectivity index (χ3n) is 4.04. The summed E-state index contributed by atoms with van der Waals surface area (Å²) in [5, 5.41) is 4.99. The molecule has 2 nitrogen and oxygen atoms in total. The van der Waals surface area contributed by atoms with E-state index in [9.17, 15) is 4.79 Å². The molecule has 0 unspecified atom stereocenters. The summed E-state index contributed by atoms with van der Waals surface area (Å²) in [5.41, 5.74) is 0. The van der Waals surface area contributed by atoms with Crippen molar-refractivity contribution in [2.45, 2.75) is 90.0 Å². The Kier molecular flexibility index (Phi) is 10.7. The van der Waals surface area contributed by atoms with Crippen molar-refractivity contribution in [3.05, 3.63) is 12.7 Å². The molecule has 1 rings (SSSR count). The minimum absolute atomic E-state index is 0. The van der Waals surface area contributed by atoms with Gasteiger partial charge in [0, 0.05) is 7.92 Å². The number of hydrogen-bond donors (Lipinski definition) is 0. The van der Waals surface area contributed by atoms with Gasteiger partial charge in [0.15, 0.2) is 0 Å². The number of nitrogens with zero attached hydrogens (tertiary/aromatic N) is 1. The van der Waals surface area contributed by atoms with E-state index >= 15 is 0 Å². The van der Waals surface area contributed by atoms with E-state index in [1.165, 1.54) is 19.3 Å².